The van der Waals surface area contributed by atoms with Gasteiger partial charge in [-0.15, -0.1) is 0 Å². The Bertz CT molecular complexity index is 361. The van der Waals surface area contributed by atoms with Crippen molar-refractivity contribution in [3.63, 3.8) is 0 Å². The molecule has 0 amide bonds. The van der Waals surface area contributed by atoms with Gasteiger partial charge in [0.05, 0.1) is 12.5 Å². The van der Waals surface area contributed by atoms with E-state index >= 15 is 0 Å². The summed E-state index contributed by atoms with van der Waals surface area (Å²) in [5.74, 6) is -0.264. The Labute approximate surface area is 96.1 Å². The normalized spacial score (nSPS) is 12.2. The molecule has 0 fully saturated rings. The van der Waals surface area contributed by atoms with Gasteiger partial charge in [0.1, 0.15) is 5.82 Å². The number of rotatable bonds is 2. The molecule has 4 heteroatoms. The second-order valence-electron chi connectivity index (χ2n) is 3.08. The lowest BCUT2D eigenvalue weighted by atomic mass is 10.0. The van der Waals surface area contributed by atoms with Crippen molar-refractivity contribution in [3.05, 3.63) is 32.6 Å². The minimum absolute atomic E-state index is 0.207. The molecule has 1 aromatic rings. The van der Waals surface area contributed by atoms with Crippen LogP contribution in [0.5, 0.6) is 0 Å². The molecule has 0 saturated heterocycles. The van der Waals surface area contributed by atoms with Gasteiger partial charge < -0.3 is 5.73 Å². The molecule has 0 unspecified atom stereocenters. The van der Waals surface area contributed by atoms with Gasteiger partial charge in [0.25, 0.3) is 0 Å². The molecule has 0 radical (unpaired) electrons. The van der Waals surface area contributed by atoms with Gasteiger partial charge in [0.15, 0.2) is 0 Å². The maximum Gasteiger partial charge on any atom is 0.127 e. The molecule has 14 heavy (non-hydrogen) atoms. The molecule has 1 aromatic carbocycles. The fraction of sp³-hybridized carbons (Fsp3) is 0.300. The Balaban J connectivity index is 3.07. The van der Waals surface area contributed by atoms with Gasteiger partial charge in [-0.25, -0.2) is 4.39 Å². The van der Waals surface area contributed by atoms with Crippen LogP contribution in [0.1, 0.15) is 23.6 Å². The van der Waals surface area contributed by atoms with Gasteiger partial charge in [0, 0.05) is 9.61 Å². The highest BCUT2D eigenvalue weighted by Crippen LogP contribution is 2.22. The summed E-state index contributed by atoms with van der Waals surface area (Å²) in [6, 6.07) is 4.79. The molecular formula is C10H10FIN2. The van der Waals surface area contributed by atoms with Crippen LogP contribution < -0.4 is 5.73 Å². The first-order chi connectivity index (χ1) is 6.56. The van der Waals surface area contributed by atoms with E-state index in [9.17, 15) is 4.39 Å². The Morgan fingerprint density at radius 3 is 2.79 bits per heavy atom. The van der Waals surface area contributed by atoms with Crippen LogP contribution in [-0.4, -0.2) is 0 Å². The van der Waals surface area contributed by atoms with Crippen molar-refractivity contribution < 1.29 is 4.39 Å². The molecule has 0 spiro atoms. The molecule has 0 aliphatic rings. The van der Waals surface area contributed by atoms with Crippen molar-refractivity contribution in [2.24, 2.45) is 5.73 Å². The van der Waals surface area contributed by atoms with Crippen LogP contribution >= 0.6 is 22.6 Å². The molecule has 2 nitrogen and oxygen atoms in total. The maximum absolute atomic E-state index is 13.3. The van der Waals surface area contributed by atoms with Crippen molar-refractivity contribution in [2.45, 2.75) is 19.4 Å². The summed E-state index contributed by atoms with van der Waals surface area (Å²) in [5.41, 5.74) is 7.00. The topological polar surface area (TPSA) is 49.8 Å². The highest BCUT2D eigenvalue weighted by atomic mass is 127. The second kappa shape index (κ2) is 4.71. The first kappa shape index (κ1) is 11.4. The van der Waals surface area contributed by atoms with Gasteiger partial charge in [-0.1, -0.05) is 0 Å². The molecule has 0 saturated carbocycles. The standard InChI is InChI=1S/C10H10FIN2/c1-6-8(11)4-7(5-9(6)12)10(14)2-3-13/h4-5,10H,2,14H2,1H3/t10-/m1/s1. The lowest BCUT2D eigenvalue weighted by Crippen LogP contribution is -2.10. The Morgan fingerprint density at radius 2 is 2.29 bits per heavy atom. The Hall–Kier alpha value is -0.670. The third-order valence-corrected chi connectivity index (χ3v) is 3.16. The first-order valence-electron chi connectivity index (χ1n) is 4.14. The smallest absolute Gasteiger partial charge is 0.127 e. The second-order valence-corrected chi connectivity index (χ2v) is 4.24. The van der Waals surface area contributed by atoms with Gasteiger partial charge in [-0.2, -0.15) is 5.26 Å². The van der Waals surface area contributed by atoms with Gasteiger partial charge >= 0.3 is 0 Å². The van der Waals surface area contributed by atoms with Crippen molar-refractivity contribution in [1.29, 1.82) is 5.26 Å². The highest BCUT2D eigenvalue weighted by molar-refractivity contribution is 14.1. The minimum Gasteiger partial charge on any atom is -0.323 e. The number of halogens is 2. The summed E-state index contributed by atoms with van der Waals surface area (Å²) in [7, 11) is 0. The van der Waals surface area contributed by atoms with Gasteiger partial charge in [-0.3, -0.25) is 0 Å². The zero-order chi connectivity index (χ0) is 10.7. The van der Waals surface area contributed by atoms with Crippen LogP contribution in [0.3, 0.4) is 0 Å². The van der Waals surface area contributed by atoms with E-state index in [2.05, 4.69) is 22.6 Å². The van der Waals surface area contributed by atoms with Crippen molar-refractivity contribution in [2.75, 3.05) is 0 Å². The van der Waals surface area contributed by atoms with E-state index in [4.69, 9.17) is 11.0 Å². The van der Waals surface area contributed by atoms with Gasteiger partial charge in [0.2, 0.25) is 0 Å². The molecule has 0 aliphatic heterocycles. The number of nitrogens with zero attached hydrogens (tertiary/aromatic N) is 1. The third-order valence-electron chi connectivity index (χ3n) is 2.04. The van der Waals surface area contributed by atoms with E-state index in [1.807, 2.05) is 12.1 Å². The average molecular weight is 304 g/mol. The number of nitrogens with two attached hydrogens (primary N) is 1. The maximum atomic E-state index is 13.3. The lowest BCUT2D eigenvalue weighted by molar-refractivity contribution is 0.609. The van der Waals surface area contributed by atoms with Crippen molar-refractivity contribution in [3.8, 4) is 6.07 Å². The van der Waals surface area contributed by atoms with Crippen molar-refractivity contribution >= 4 is 22.6 Å². The molecule has 0 aliphatic carbocycles. The molecule has 1 atom stereocenters. The predicted octanol–water partition coefficient (Wildman–Crippen LogP) is 2.65. The van der Waals surface area contributed by atoms with Crippen LogP contribution in [-0.2, 0) is 0 Å². The third kappa shape index (κ3) is 2.42. The monoisotopic (exact) mass is 304 g/mol. The van der Waals surface area contributed by atoms with Gasteiger partial charge in [-0.05, 0) is 52.8 Å². The molecule has 0 aromatic heterocycles. The first-order valence-corrected chi connectivity index (χ1v) is 5.22. The minimum atomic E-state index is -0.399. The average Bonchev–Trinajstić information content (AvgIpc) is 2.13. The summed E-state index contributed by atoms with van der Waals surface area (Å²) in [6.07, 6.45) is 0.207. The zero-order valence-electron chi connectivity index (χ0n) is 7.72. The Morgan fingerprint density at radius 1 is 1.64 bits per heavy atom. The molecule has 1 rings (SSSR count). The van der Waals surface area contributed by atoms with E-state index in [1.165, 1.54) is 6.07 Å². The molecular weight excluding hydrogens is 294 g/mol. The van der Waals surface area contributed by atoms with Crippen LogP contribution in [0.2, 0.25) is 0 Å². The van der Waals surface area contributed by atoms with Crippen LogP contribution in [0.15, 0.2) is 12.1 Å². The van der Waals surface area contributed by atoms with Crippen LogP contribution in [0, 0.1) is 27.6 Å². The van der Waals surface area contributed by atoms with E-state index in [0.29, 0.717) is 11.1 Å². The quantitative estimate of drug-likeness (QED) is 0.854. The summed E-state index contributed by atoms with van der Waals surface area (Å²) in [6.45, 7) is 1.72. The lowest BCUT2D eigenvalue weighted by Gasteiger charge is -2.10. The summed E-state index contributed by atoms with van der Waals surface area (Å²) in [4.78, 5) is 0. The summed E-state index contributed by atoms with van der Waals surface area (Å²) >= 11 is 2.06. The van der Waals surface area contributed by atoms with E-state index in [1.54, 1.807) is 6.92 Å². The van der Waals surface area contributed by atoms with E-state index < -0.39 is 6.04 Å². The molecule has 0 heterocycles. The van der Waals surface area contributed by atoms with E-state index in [0.717, 1.165) is 3.57 Å². The largest absolute Gasteiger partial charge is 0.323 e. The highest BCUT2D eigenvalue weighted by Gasteiger charge is 2.10. The Kier molecular flexibility index (Phi) is 3.84. The number of benzene rings is 1. The number of hydrogen-bond donors (Lipinski definition) is 1. The molecule has 2 N–H and O–H groups in total. The summed E-state index contributed by atoms with van der Waals surface area (Å²) in [5, 5.41) is 8.47. The number of hydrogen-bond acceptors (Lipinski definition) is 2. The van der Waals surface area contributed by atoms with Crippen LogP contribution in [0.25, 0.3) is 0 Å². The fourth-order valence-corrected chi connectivity index (χ4v) is 1.71. The van der Waals surface area contributed by atoms with Crippen LogP contribution in [0.4, 0.5) is 4.39 Å². The summed E-state index contributed by atoms with van der Waals surface area (Å²) < 4.78 is 14.1. The predicted molar refractivity (Wildman–Crippen MR) is 61.0 cm³/mol. The molecule has 74 valence electrons. The SMILES string of the molecule is Cc1c(F)cc([C@H](N)CC#N)cc1I. The number of nitriles is 1. The molecule has 0 bridgehead atoms. The fourth-order valence-electron chi connectivity index (χ4n) is 1.10. The zero-order valence-corrected chi connectivity index (χ0v) is 9.88. The van der Waals surface area contributed by atoms with Crippen molar-refractivity contribution in [1.82, 2.24) is 0 Å². The van der Waals surface area contributed by atoms with E-state index in [-0.39, 0.29) is 12.2 Å².